The van der Waals surface area contributed by atoms with Crippen molar-refractivity contribution in [2.75, 3.05) is 6.61 Å². The van der Waals surface area contributed by atoms with Gasteiger partial charge in [-0.1, -0.05) is 13.8 Å². The summed E-state index contributed by atoms with van der Waals surface area (Å²) >= 11 is 0. The van der Waals surface area contributed by atoms with Gasteiger partial charge in [0.1, 0.15) is 0 Å². The summed E-state index contributed by atoms with van der Waals surface area (Å²) in [5.74, 6) is 0. The summed E-state index contributed by atoms with van der Waals surface area (Å²) in [6.07, 6.45) is 4.39. The van der Waals surface area contributed by atoms with Crippen LogP contribution in [0.15, 0.2) is 12.4 Å². The van der Waals surface area contributed by atoms with E-state index in [2.05, 4.69) is 23.8 Å². The molecule has 0 aliphatic heterocycles. The van der Waals surface area contributed by atoms with Crippen LogP contribution in [-0.4, -0.2) is 21.7 Å². The summed E-state index contributed by atoms with van der Waals surface area (Å²) in [6.45, 7) is 6.45. The molecule has 1 saturated carbocycles. The highest BCUT2D eigenvalue weighted by Crippen LogP contribution is 2.63. The zero-order chi connectivity index (χ0) is 10.4. The minimum atomic E-state index is -0.147. The minimum absolute atomic E-state index is 0.147. The van der Waals surface area contributed by atoms with E-state index in [1.807, 2.05) is 6.92 Å². The number of nitrogens with zero attached hydrogens (tertiary/aromatic N) is 2. The van der Waals surface area contributed by atoms with Crippen LogP contribution in [0, 0.1) is 12.3 Å². The maximum Gasteiger partial charge on any atom is 0.0706 e. The Kier molecular flexibility index (Phi) is 1.89. The highest BCUT2D eigenvalue weighted by Gasteiger charge is 2.63. The second-order valence-corrected chi connectivity index (χ2v) is 4.79. The maximum absolute atomic E-state index is 9.50. The van der Waals surface area contributed by atoms with E-state index in [-0.39, 0.29) is 17.4 Å². The molecule has 14 heavy (non-hydrogen) atoms. The van der Waals surface area contributed by atoms with Gasteiger partial charge < -0.3 is 5.11 Å². The molecule has 1 unspecified atom stereocenters. The first kappa shape index (κ1) is 9.59. The highest BCUT2D eigenvalue weighted by atomic mass is 16.3. The van der Waals surface area contributed by atoms with Crippen molar-refractivity contribution in [2.24, 2.45) is 5.41 Å². The Balaban J connectivity index is 2.46. The SMILES string of the molecule is Cc1nccnc1C1(CO)CC1(C)C. The molecule has 0 saturated heterocycles. The third kappa shape index (κ3) is 1.08. The van der Waals surface area contributed by atoms with E-state index in [0.717, 1.165) is 17.8 Å². The van der Waals surface area contributed by atoms with Crippen molar-refractivity contribution >= 4 is 0 Å². The molecule has 2 rings (SSSR count). The van der Waals surface area contributed by atoms with Crippen molar-refractivity contribution in [3.8, 4) is 0 Å². The van der Waals surface area contributed by atoms with Crippen LogP contribution >= 0.6 is 0 Å². The Labute approximate surface area is 84.2 Å². The maximum atomic E-state index is 9.50. The Morgan fingerprint density at radius 3 is 2.36 bits per heavy atom. The van der Waals surface area contributed by atoms with Crippen molar-refractivity contribution in [3.05, 3.63) is 23.8 Å². The molecule has 1 heterocycles. The lowest BCUT2D eigenvalue weighted by molar-refractivity contribution is 0.227. The molecule has 0 aromatic carbocycles. The normalized spacial score (nSPS) is 28.9. The molecular weight excluding hydrogens is 176 g/mol. The van der Waals surface area contributed by atoms with Gasteiger partial charge in [0, 0.05) is 17.8 Å². The fourth-order valence-corrected chi connectivity index (χ4v) is 2.34. The lowest BCUT2D eigenvalue weighted by atomic mass is 9.92. The van der Waals surface area contributed by atoms with Crippen LogP contribution in [0.2, 0.25) is 0 Å². The van der Waals surface area contributed by atoms with Gasteiger partial charge in [-0.3, -0.25) is 9.97 Å². The minimum Gasteiger partial charge on any atom is -0.395 e. The van der Waals surface area contributed by atoms with E-state index in [1.54, 1.807) is 12.4 Å². The van der Waals surface area contributed by atoms with E-state index >= 15 is 0 Å². The van der Waals surface area contributed by atoms with Gasteiger partial charge in [0.2, 0.25) is 0 Å². The van der Waals surface area contributed by atoms with Crippen LogP contribution in [0.3, 0.4) is 0 Å². The summed E-state index contributed by atoms with van der Waals surface area (Å²) in [7, 11) is 0. The fourth-order valence-electron chi connectivity index (χ4n) is 2.34. The number of aliphatic hydroxyl groups excluding tert-OH is 1. The van der Waals surface area contributed by atoms with E-state index in [0.29, 0.717) is 0 Å². The van der Waals surface area contributed by atoms with Gasteiger partial charge in [-0.15, -0.1) is 0 Å². The zero-order valence-corrected chi connectivity index (χ0v) is 8.91. The predicted molar refractivity (Wildman–Crippen MR) is 53.9 cm³/mol. The Morgan fingerprint density at radius 1 is 1.36 bits per heavy atom. The van der Waals surface area contributed by atoms with Crippen molar-refractivity contribution in [1.29, 1.82) is 0 Å². The molecule has 1 aromatic heterocycles. The average molecular weight is 192 g/mol. The first-order valence-electron chi connectivity index (χ1n) is 4.92. The summed E-state index contributed by atoms with van der Waals surface area (Å²) < 4.78 is 0. The summed E-state index contributed by atoms with van der Waals surface area (Å²) in [5, 5.41) is 9.50. The largest absolute Gasteiger partial charge is 0.395 e. The first-order chi connectivity index (χ1) is 6.53. The highest BCUT2D eigenvalue weighted by molar-refractivity contribution is 5.34. The standard InChI is InChI=1S/C11H16N2O/c1-8-9(13-5-4-12-8)11(7-14)6-10(11,2)3/h4-5,14H,6-7H2,1-3H3. The molecule has 76 valence electrons. The van der Waals surface area contributed by atoms with Crippen LogP contribution in [0.4, 0.5) is 0 Å². The molecule has 0 bridgehead atoms. The van der Waals surface area contributed by atoms with Crippen LogP contribution < -0.4 is 0 Å². The molecule has 0 amide bonds. The number of hydrogen-bond donors (Lipinski definition) is 1. The molecule has 1 N–H and O–H groups in total. The molecule has 1 aliphatic carbocycles. The molecule has 1 fully saturated rings. The first-order valence-corrected chi connectivity index (χ1v) is 4.92. The predicted octanol–water partition coefficient (Wildman–Crippen LogP) is 1.45. The molecule has 1 aromatic rings. The van der Waals surface area contributed by atoms with E-state index < -0.39 is 0 Å². The molecular formula is C11H16N2O. The molecule has 1 aliphatic rings. The Bertz CT molecular complexity index is 362. The van der Waals surface area contributed by atoms with Gasteiger partial charge >= 0.3 is 0 Å². The lowest BCUT2D eigenvalue weighted by Crippen LogP contribution is -2.22. The summed E-state index contributed by atoms with van der Waals surface area (Å²) in [5.41, 5.74) is 1.91. The van der Waals surface area contributed by atoms with Crippen LogP contribution in [0.1, 0.15) is 31.7 Å². The second-order valence-electron chi connectivity index (χ2n) is 4.79. The van der Waals surface area contributed by atoms with Crippen LogP contribution in [0.5, 0.6) is 0 Å². The Hall–Kier alpha value is -0.960. The number of rotatable bonds is 2. The van der Waals surface area contributed by atoms with Crippen molar-refractivity contribution in [2.45, 2.75) is 32.6 Å². The van der Waals surface area contributed by atoms with Gasteiger partial charge in [0.15, 0.2) is 0 Å². The topological polar surface area (TPSA) is 46.0 Å². The van der Waals surface area contributed by atoms with Crippen LogP contribution in [0.25, 0.3) is 0 Å². The number of aliphatic hydroxyl groups is 1. The van der Waals surface area contributed by atoms with Crippen LogP contribution in [-0.2, 0) is 5.41 Å². The number of aryl methyl sites for hydroxylation is 1. The van der Waals surface area contributed by atoms with Gasteiger partial charge in [0.05, 0.1) is 18.0 Å². The quantitative estimate of drug-likeness (QED) is 0.771. The zero-order valence-electron chi connectivity index (χ0n) is 8.91. The second kappa shape index (κ2) is 2.76. The molecule has 0 radical (unpaired) electrons. The molecule has 1 atom stereocenters. The van der Waals surface area contributed by atoms with Crippen molar-refractivity contribution in [3.63, 3.8) is 0 Å². The van der Waals surface area contributed by atoms with Gasteiger partial charge in [-0.05, 0) is 18.8 Å². The smallest absolute Gasteiger partial charge is 0.0706 e. The monoisotopic (exact) mass is 192 g/mol. The van der Waals surface area contributed by atoms with E-state index in [4.69, 9.17) is 0 Å². The van der Waals surface area contributed by atoms with E-state index in [9.17, 15) is 5.11 Å². The molecule has 0 spiro atoms. The fraction of sp³-hybridized carbons (Fsp3) is 0.636. The number of aromatic nitrogens is 2. The average Bonchev–Trinajstić information content (AvgIpc) is 2.70. The Morgan fingerprint density at radius 2 is 1.93 bits per heavy atom. The van der Waals surface area contributed by atoms with Crippen molar-refractivity contribution < 1.29 is 5.11 Å². The van der Waals surface area contributed by atoms with Gasteiger partial charge in [-0.2, -0.15) is 0 Å². The third-order valence-electron chi connectivity index (χ3n) is 3.52. The third-order valence-corrected chi connectivity index (χ3v) is 3.52. The van der Waals surface area contributed by atoms with Gasteiger partial charge in [-0.25, -0.2) is 0 Å². The lowest BCUT2D eigenvalue weighted by Gasteiger charge is -2.18. The van der Waals surface area contributed by atoms with Crippen molar-refractivity contribution in [1.82, 2.24) is 9.97 Å². The molecule has 3 nitrogen and oxygen atoms in total. The van der Waals surface area contributed by atoms with Gasteiger partial charge in [0.25, 0.3) is 0 Å². The number of hydrogen-bond acceptors (Lipinski definition) is 3. The summed E-state index contributed by atoms with van der Waals surface area (Å²) in [6, 6.07) is 0. The van der Waals surface area contributed by atoms with E-state index in [1.165, 1.54) is 0 Å². The molecule has 3 heteroatoms. The summed E-state index contributed by atoms with van der Waals surface area (Å²) in [4.78, 5) is 8.58.